The number of halogens is 2. The average Bonchev–Trinajstić information content (AvgIpc) is 3.30. The van der Waals surface area contributed by atoms with Gasteiger partial charge >= 0.3 is 5.97 Å². The summed E-state index contributed by atoms with van der Waals surface area (Å²) in [7, 11) is 0. The van der Waals surface area contributed by atoms with Crippen LogP contribution in [0.3, 0.4) is 0 Å². The van der Waals surface area contributed by atoms with Gasteiger partial charge in [-0.3, -0.25) is 4.99 Å². The van der Waals surface area contributed by atoms with Crippen LogP contribution in [0.4, 0.5) is 4.39 Å². The number of benzene rings is 1. The Morgan fingerprint density at radius 1 is 1.44 bits per heavy atom. The molecule has 2 heterocycles. The van der Waals surface area contributed by atoms with Crippen LogP contribution in [-0.2, 0) is 9.53 Å². The molecule has 3 aliphatic rings. The van der Waals surface area contributed by atoms with Crippen LogP contribution in [0.25, 0.3) is 0 Å². The Morgan fingerprint density at radius 2 is 2.24 bits per heavy atom. The van der Waals surface area contributed by atoms with E-state index in [1.54, 1.807) is 13.0 Å². The zero-order valence-electron chi connectivity index (χ0n) is 14.1. The summed E-state index contributed by atoms with van der Waals surface area (Å²) < 4.78 is 18.8. The molecule has 4 rings (SSSR count). The van der Waals surface area contributed by atoms with Crippen molar-refractivity contribution in [1.29, 1.82) is 0 Å². The highest BCUT2D eigenvalue weighted by Crippen LogP contribution is 2.45. The number of hydrogen-bond acceptors (Lipinski definition) is 4. The van der Waals surface area contributed by atoms with Crippen molar-refractivity contribution in [3.8, 4) is 0 Å². The average molecular weight is 363 g/mol. The van der Waals surface area contributed by atoms with Crippen LogP contribution in [0.2, 0.25) is 5.02 Å². The molecule has 1 atom stereocenters. The van der Waals surface area contributed by atoms with Gasteiger partial charge in [0.2, 0.25) is 0 Å². The predicted molar refractivity (Wildman–Crippen MR) is 93.9 cm³/mol. The molecular formula is C19H20ClFN2O2. The molecule has 1 aromatic rings. The Labute approximate surface area is 151 Å². The molecule has 1 unspecified atom stereocenters. The maximum Gasteiger partial charge on any atom is 0.338 e. The molecule has 0 radical (unpaired) electrons. The van der Waals surface area contributed by atoms with E-state index >= 15 is 0 Å². The molecule has 0 N–H and O–H groups in total. The second kappa shape index (κ2) is 6.45. The molecule has 1 saturated heterocycles. The van der Waals surface area contributed by atoms with Crippen molar-refractivity contribution in [1.82, 2.24) is 4.90 Å². The third-order valence-corrected chi connectivity index (χ3v) is 5.27. The fourth-order valence-corrected chi connectivity index (χ4v) is 3.96. The molecule has 2 fully saturated rings. The van der Waals surface area contributed by atoms with Crippen molar-refractivity contribution >= 4 is 23.4 Å². The number of fused-ring (bicyclic) bond motifs is 1. The van der Waals surface area contributed by atoms with E-state index in [1.165, 1.54) is 12.1 Å². The van der Waals surface area contributed by atoms with Crippen molar-refractivity contribution in [3.05, 3.63) is 45.9 Å². The number of aliphatic imine (C=N–C) groups is 1. The predicted octanol–water partition coefficient (Wildman–Crippen LogP) is 4.26. The lowest BCUT2D eigenvalue weighted by Gasteiger charge is -2.33. The number of nitrogens with zero attached hydrogens (tertiary/aromatic N) is 2. The van der Waals surface area contributed by atoms with Crippen molar-refractivity contribution in [2.45, 2.75) is 38.6 Å². The second-order valence-corrected chi connectivity index (χ2v) is 7.07. The minimum absolute atomic E-state index is 0.290. The molecule has 1 aromatic carbocycles. The summed E-state index contributed by atoms with van der Waals surface area (Å²) in [6.45, 7) is 2.98. The van der Waals surface area contributed by atoms with E-state index in [0.29, 0.717) is 23.7 Å². The molecule has 2 aliphatic heterocycles. The maximum absolute atomic E-state index is 13.5. The van der Waals surface area contributed by atoms with Gasteiger partial charge in [-0.2, -0.15) is 0 Å². The van der Waals surface area contributed by atoms with E-state index < -0.39 is 11.9 Å². The Bertz CT molecular complexity index is 786. The zero-order chi connectivity index (χ0) is 17.6. The van der Waals surface area contributed by atoms with Crippen LogP contribution in [0, 0.1) is 11.7 Å². The highest BCUT2D eigenvalue weighted by molar-refractivity contribution is 6.31. The van der Waals surface area contributed by atoms with E-state index in [0.717, 1.165) is 43.8 Å². The first-order valence-corrected chi connectivity index (χ1v) is 9.18. The molecule has 132 valence electrons. The number of rotatable bonds is 4. The van der Waals surface area contributed by atoms with Crippen LogP contribution < -0.4 is 0 Å². The first-order valence-electron chi connectivity index (χ1n) is 8.80. The summed E-state index contributed by atoms with van der Waals surface area (Å²) in [5, 5.41) is 0.290. The van der Waals surface area contributed by atoms with Gasteiger partial charge in [0.25, 0.3) is 0 Å². The summed E-state index contributed by atoms with van der Waals surface area (Å²) in [5.41, 5.74) is 2.21. The van der Waals surface area contributed by atoms with E-state index in [2.05, 4.69) is 4.90 Å². The Morgan fingerprint density at radius 3 is 2.92 bits per heavy atom. The molecule has 0 aromatic heterocycles. The summed E-state index contributed by atoms with van der Waals surface area (Å²) in [4.78, 5) is 19.8. The largest absolute Gasteiger partial charge is 0.463 e. The standard InChI is InChI=1S/C19H20ClFN2O2/c1-2-25-19(24)16-15-4-3-9-23(15)18(11-5-6-11)22-17(16)13-8-7-12(21)10-14(13)20/h7-8,10-11,17H,2-6,9H2,1H3. The lowest BCUT2D eigenvalue weighted by atomic mass is 9.94. The lowest BCUT2D eigenvalue weighted by molar-refractivity contribution is -0.139. The van der Waals surface area contributed by atoms with Gasteiger partial charge in [-0.15, -0.1) is 0 Å². The van der Waals surface area contributed by atoms with Crippen LogP contribution in [0.5, 0.6) is 0 Å². The minimum atomic E-state index is -0.521. The molecule has 6 heteroatoms. The van der Waals surface area contributed by atoms with Crippen LogP contribution in [0.1, 0.15) is 44.2 Å². The van der Waals surface area contributed by atoms with Crippen LogP contribution >= 0.6 is 11.6 Å². The van der Waals surface area contributed by atoms with Gasteiger partial charge in [-0.05, 0) is 44.7 Å². The van der Waals surface area contributed by atoms with Crippen molar-refractivity contribution in [2.24, 2.45) is 10.9 Å². The van der Waals surface area contributed by atoms with Crippen LogP contribution in [0.15, 0.2) is 34.5 Å². The van der Waals surface area contributed by atoms with Gasteiger partial charge in [-0.25, -0.2) is 9.18 Å². The smallest absolute Gasteiger partial charge is 0.338 e. The molecule has 0 amide bonds. The lowest BCUT2D eigenvalue weighted by Crippen LogP contribution is -2.35. The number of amidine groups is 1. The molecule has 1 aliphatic carbocycles. The van der Waals surface area contributed by atoms with E-state index in [-0.39, 0.29) is 11.0 Å². The van der Waals surface area contributed by atoms with Gasteiger partial charge in [0.05, 0.1) is 12.2 Å². The molecule has 0 spiro atoms. The molecule has 4 nitrogen and oxygen atoms in total. The highest BCUT2D eigenvalue weighted by atomic mass is 35.5. The monoisotopic (exact) mass is 362 g/mol. The SMILES string of the molecule is CCOC(=O)C1=C2CCCN2C(C2CC2)=NC1c1ccc(F)cc1Cl. The van der Waals surface area contributed by atoms with Crippen molar-refractivity contribution < 1.29 is 13.9 Å². The van der Waals surface area contributed by atoms with Gasteiger partial charge in [-0.1, -0.05) is 17.7 Å². The summed E-state index contributed by atoms with van der Waals surface area (Å²) in [6, 6.07) is 3.74. The van der Waals surface area contributed by atoms with E-state index in [9.17, 15) is 9.18 Å². The topological polar surface area (TPSA) is 41.9 Å². The quantitative estimate of drug-likeness (QED) is 0.752. The van der Waals surface area contributed by atoms with E-state index in [1.807, 2.05) is 0 Å². The number of esters is 1. The Kier molecular flexibility index (Phi) is 4.28. The van der Waals surface area contributed by atoms with Gasteiger partial charge < -0.3 is 9.64 Å². The third-order valence-electron chi connectivity index (χ3n) is 4.94. The second-order valence-electron chi connectivity index (χ2n) is 6.67. The minimum Gasteiger partial charge on any atom is -0.463 e. The molecule has 0 bridgehead atoms. The number of ether oxygens (including phenoxy) is 1. The number of allylic oxidation sites excluding steroid dienone is 1. The van der Waals surface area contributed by atoms with Gasteiger partial charge in [0.1, 0.15) is 17.7 Å². The fourth-order valence-electron chi connectivity index (χ4n) is 3.69. The zero-order valence-corrected chi connectivity index (χ0v) is 14.9. The Hall–Kier alpha value is -1.88. The molecule has 1 saturated carbocycles. The van der Waals surface area contributed by atoms with Crippen molar-refractivity contribution in [3.63, 3.8) is 0 Å². The normalized spacial score (nSPS) is 22.8. The molecular weight excluding hydrogens is 343 g/mol. The maximum atomic E-state index is 13.5. The van der Waals surface area contributed by atoms with Crippen LogP contribution in [-0.4, -0.2) is 29.9 Å². The van der Waals surface area contributed by atoms with Gasteiger partial charge in [0, 0.05) is 28.7 Å². The van der Waals surface area contributed by atoms with E-state index in [4.69, 9.17) is 21.3 Å². The number of carbonyl (C=O) groups excluding carboxylic acids is 1. The first-order chi connectivity index (χ1) is 12.1. The summed E-state index contributed by atoms with van der Waals surface area (Å²) in [5.74, 6) is 0.752. The first kappa shape index (κ1) is 16.6. The Balaban J connectivity index is 1.84. The number of carbonyl (C=O) groups is 1. The third kappa shape index (κ3) is 2.95. The van der Waals surface area contributed by atoms with Crippen molar-refractivity contribution in [2.75, 3.05) is 13.2 Å². The fraction of sp³-hybridized carbons (Fsp3) is 0.474. The highest BCUT2D eigenvalue weighted by Gasteiger charge is 2.42. The summed E-state index contributed by atoms with van der Waals surface area (Å²) >= 11 is 6.30. The molecule has 25 heavy (non-hydrogen) atoms. The summed E-state index contributed by atoms with van der Waals surface area (Å²) in [6.07, 6.45) is 4.07. The number of hydrogen-bond donors (Lipinski definition) is 0. The van der Waals surface area contributed by atoms with Gasteiger partial charge in [0.15, 0.2) is 0 Å².